The van der Waals surface area contributed by atoms with Crippen molar-refractivity contribution in [2.24, 2.45) is 5.92 Å². The van der Waals surface area contributed by atoms with Gasteiger partial charge in [0.15, 0.2) is 5.82 Å². The number of amides is 2. The van der Waals surface area contributed by atoms with Crippen LogP contribution in [0.4, 0.5) is 4.79 Å². The van der Waals surface area contributed by atoms with Crippen LogP contribution in [0.5, 0.6) is 0 Å². The first-order valence-electron chi connectivity index (χ1n) is 8.85. The van der Waals surface area contributed by atoms with E-state index in [1.165, 1.54) is 0 Å². The summed E-state index contributed by atoms with van der Waals surface area (Å²) >= 11 is 0. The minimum absolute atomic E-state index is 0.0874. The molecule has 0 fully saturated rings. The summed E-state index contributed by atoms with van der Waals surface area (Å²) in [5, 5.41) is 15.9. The van der Waals surface area contributed by atoms with E-state index in [1.54, 1.807) is 11.9 Å². The second kappa shape index (κ2) is 7.25. The molecular weight excluding hydrogens is 318 g/mol. The van der Waals surface area contributed by atoms with Crippen molar-refractivity contribution in [2.75, 3.05) is 13.6 Å². The fourth-order valence-corrected chi connectivity index (χ4v) is 3.23. The van der Waals surface area contributed by atoms with Crippen LogP contribution >= 0.6 is 0 Å². The lowest BCUT2D eigenvalue weighted by Crippen LogP contribution is -2.40. The molecule has 25 heavy (non-hydrogen) atoms. The fourth-order valence-electron chi connectivity index (χ4n) is 3.23. The lowest BCUT2D eigenvalue weighted by atomic mass is 10.2. The third-order valence-corrected chi connectivity index (χ3v) is 4.60. The minimum atomic E-state index is -0.0874. The number of aromatic nitrogens is 5. The predicted molar refractivity (Wildman–Crippen MR) is 94.1 cm³/mol. The van der Waals surface area contributed by atoms with Gasteiger partial charge in [-0.2, -0.15) is 5.10 Å². The van der Waals surface area contributed by atoms with Crippen molar-refractivity contribution in [3.8, 4) is 0 Å². The highest BCUT2D eigenvalue weighted by Gasteiger charge is 2.20. The molecule has 0 aliphatic carbocycles. The topological polar surface area (TPSA) is 80.9 Å². The highest BCUT2D eigenvalue weighted by atomic mass is 16.2. The van der Waals surface area contributed by atoms with E-state index < -0.39 is 0 Å². The lowest BCUT2D eigenvalue weighted by Gasteiger charge is -2.20. The number of carbonyl (C=O) groups is 1. The number of urea groups is 1. The van der Waals surface area contributed by atoms with Crippen molar-refractivity contribution < 1.29 is 4.79 Å². The zero-order valence-corrected chi connectivity index (χ0v) is 15.5. The summed E-state index contributed by atoms with van der Waals surface area (Å²) < 4.78 is 4.12. The smallest absolute Gasteiger partial charge is 0.317 e. The molecule has 1 aliphatic heterocycles. The fraction of sp³-hybridized carbons (Fsp3) is 0.647. The Kier molecular flexibility index (Phi) is 5.06. The van der Waals surface area contributed by atoms with Crippen LogP contribution < -0.4 is 5.32 Å². The van der Waals surface area contributed by atoms with Crippen LogP contribution in [-0.2, 0) is 26.1 Å². The Hall–Kier alpha value is -2.38. The summed E-state index contributed by atoms with van der Waals surface area (Å²) in [6.07, 6.45) is 2.09. The van der Waals surface area contributed by atoms with Crippen molar-refractivity contribution in [1.29, 1.82) is 0 Å². The van der Waals surface area contributed by atoms with E-state index in [1.807, 2.05) is 11.6 Å². The van der Waals surface area contributed by atoms with E-state index in [0.717, 1.165) is 49.0 Å². The van der Waals surface area contributed by atoms with Gasteiger partial charge in [0.1, 0.15) is 5.82 Å². The van der Waals surface area contributed by atoms with Gasteiger partial charge in [-0.3, -0.25) is 4.68 Å². The van der Waals surface area contributed by atoms with Gasteiger partial charge < -0.3 is 14.8 Å². The molecule has 2 aromatic rings. The number of fused-ring (bicyclic) bond motifs is 1. The Morgan fingerprint density at radius 2 is 2.20 bits per heavy atom. The summed E-state index contributed by atoms with van der Waals surface area (Å²) in [7, 11) is 1.79. The first-order chi connectivity index (χ1) is 11.9. The van der Waals surface area contributed by atoms with Gasteiger partial charge in [-0.15, -0.1) is 10.2 Å². The maximum atomic E-state index is 12.3. The van der Waals surface area contributed by atoms with Crippen molar-refractivity contribution in [3.05, 3.63) is 29.1 Å². The molecule has 0 spiro atoms. The zero-order chi connectivity index (χ0) is 18.0. The maximum Gasteiger partial charge on any atom is 0.317 e. The Bertz CT molecular complexity index is 748. The maximum absolute atomic E-state index is 12.3. The first kappa shape index (κ1) is 17.4. The van der Waals surface area contributed by atoms with E-state index in [9.17, 15) is 4.79 Å². The molecule has 0 bridgehead atoms. The van der Waals surface area contributed by atoms with Gasteiger partial charge in [-0.1, -0.05) is 6.92 Å². The highest BCUT2D eigenvalue weighted by Crippen LogP contribution is 2.15. The van der Waals surface area contributed by atoms with Gasteiger partial charge in [0.25, 0.3) is 0 Å². The number of nitrogens with one attached hydrogen (secondary N) is 1. The first-order valence-corrected chi connectivity index (χ1v) is 8.85. The molecule has 0 aromatic carbocycles. The summed E-state index contributed by atoms with van der Waals surface area (Å²) in [6, 6.07) is 1.98. The summed E-state index contributed by atoms with van der Waals surface area (Å²) in [6.45, 7) is 8.99. The van der Waals surface area contributed by atoms with Crippen molar-refractivity contribution >= 4 is 6.03 Å². The normalized spacial score (nSPS) is 14.4. The second-order valence-corrected chi connectivity index (χ2v) is 7.04. The molecule has 3 heterocycles. The highest BCUT2D eigenvalue weighted by molar-refractivity contribution is 5.73. The van der Waals surface area contributed by atoms with Crippen LogP contribution in [0.2, 0.25) is 0 Å². The van der Waals surface area contributed by atoms with Gasteiger partial charge in [0.2, 0.25) is 0 Å². The van der Waals surface area contributed by atoms with Crippen LogP contribution in [0.25, 0.3) is 0 Å². The number of aryl methyl sites for hydroxylation is 3. The average molecular weight is 345 g/mol. The Morgan fingerprint density at radius 3 is 2.92 bits per heavy atom. The second-order valence-electron chi connectivity index (χ2n) is 7.04. The predicted octanol–water partition coefficient (Wildman–Crippen LogP) is 1.52. The SMILES string of the molecule is Cc1cc(C)n(C[C@@H](C)CNC(=O)N(C)Cc2nnc3n2CCC3)n1. The molecule has 3 rings (SSSR count). The van der Waals surface area contributed by atoms with Gasteiger partial charge in [0, 0.05) is 38.8 Å². The van der Waals surface area contributed by atoms with Crippen LogP contribution in [0.15, 0.2) is 6.07 Å². The molecule has 1 atom stereocenters. The molecule has 0 radical (unpaired) electrons. The number of hydrogen-bond acceptors (Lipinski definition) is 4. The van der Waals surface area contributed by atoms with Gasteiger partial charge >= 0.3 is 6.03 Å². The molecule has 0 saturated heterocycles. The third kappa shape index (κ3) is 4.00. The molecule has 2 aromatic heterocycles. The van der Waals surface area contributed by atoms with Crippen LogP contribution in [-0.4, -0.2) is 49.1 Å². The van der Waals surface area contributed by atoms with Crippen LogP contribution in [0.1, 0.15) is 36.4 Å². The standard InChI is InChI=1S/C17H27N7O/c1-12(10-24-14(3)8-13(2)21-24)9-18-17(25)22(4)11-16-20-19-15-6-5-7-23(15)16/h8,12H,5-7,9-11H2,1-4H3,(H,18,25)/t12-/m0/s1. The van der Waals surface area contributed by atoms with Crippen LogP contribution in [0.3, 0.4) is 0 Å². The molecular formula is C17H27N7O. The summed E-state index contributed by atoms with van der Waals surface area (Å²) in [4.78, 5) is 14.0. The lowest BCUT2D eigenvalue weighted by molar-refractivity contribution is 0.202. The average Bonchev–Trinajstić information content (AvgIpc) is 3.23. The quantitative estimate of drug-likeness (QED) is 0.861. The monoisotopic (exact) mass is 345 g/mol. The molecule has 1 N–H and O–H groups in total. The number of carbonyl (C=O) groups excluding carboxylic acids is 1. The van der Waals surface area contributed by atoms with Gasteiger partial charge in [-0.05, 0) is 32.3 Å². The van der Waals surface area contributed by atoms with E-state index in [-0.39, 0.29) is 6.03 Å². The minimum Gasteiger partial charge on any atom is -0.338 e. The van der Waals surface area contributed by atoms with Crippen molar-refractivity contribution in [2.45, 2.75) is 53.2 Å². The number of hydrogen-bond donors (Lipinski definition) is 1. The number of rotatable bonds is 6. The largest absolute Gasteiger partial charge is 0.338 e. The molecule has 2 amide bonds. The summed E-state index contributed by atoms with van der Waals surface area (Å²) in [5.74, 6) is 2.19. The Labute approximate surface area is 148 Å². The molecule has 8 heteroatoms. The molecule has 0 unspecified atom stereocenters. The molecule has 8 nitrogen and oxygen atoms in total. The van der Waals surface area contributed by atoms with E-state index in [2.05, 4.69) is 45.1 Å². The molecule has 136 valence electrons. The summed E-state index contributed by atoms with van der Waals surface area (Å²) in [5.41, 5.74) is 2.17. The Balaban J connectivity index is 1.47. The zero-order valence-electron chi connectivity index (χ0n) is 15.5. The Morgan fingerprint density at radius 1 is 1.40 bits per heavy atom. The molecule has 1 aliphatic rings. The van der Waals surface area contributed by atoms with E-state index >= 15 is 0 Å². The van der Waals surface area contributed by atoms with Crippen molar-refractivity contribution in [3.63, 3.8) is 0 Å². The molecule has 0 saturated carbocycles. The van der Waals surface area contributed by atoms with Gasteiger partial charge in [0.05, 0.1) is 12.2 Å². The number of nitrogens with zero attached hydrogens (tertiary/aromatic N) is 6. The third-order valence-electron chi connectivity index (χ3n) is 4.60. The van der Waals surface area contributed by atoms with Crippen LogP contribution in [0, 0.1) is 19.8 Å². The van der Waals surface area contributed by atoms with E-state index in [4.69, 9.17) is 0 Å². The van der Waals surface area contributed by atoms with E-state index in [0.29, 0.717) is 19.0 Å². The van der Waals surface area contributed by atoms with Gasteiger partial charge in [-0.25, -0.2) is 4.79 Å². The van der Waals surface area contributed by atoms with Crippen molar-refractivity contribution in [1.82, 2.24) is 34.8 Å².